The summed E-state index contributed by atoms with van der Waals surface area (Å²) >= 11 is 0. The van der Waals surface area contributed by atoms with Crippen LogP contribution < -0.4 is 0 Å². The molecule has 0 radical (unpaired) electrons. The van der Waals surface area contributed by atoms with Gasteiger partial charge in [0.25, 0.3) is 10.1 Å². The van der Waals surface area contributed by atoms with Crippen LogP contribution in [0.15, 0.2) is 75.9 Å². The number of aromatic nitrogens is 2. The molecule has 0 fully saturated rings. The normalized spacial score (nSPS) is 11.9. The van der Waals surface area contributed by atoms with Gasteiger partial charge in [-0.25, -0.2) is 0 Å². The Balaban J connectivity index is 1.89. The van der Waals surface area contributed by atoms with Crippen molar-refractivity contribution < 1.29 is 18.1 Å². The fourth-order valence-electron chi connectivity index (χ4n) is 1.96. The summed E-state index contributed by atoms with van der Waals surface area (Å²) in [4.78, 5) is -0.248. The van der Waals surface area contributed by atoms with Gasteiger partial charge in [0.1, 0.15) is 0 Å². The van der Waals surface area contributed by atoms with E-state index in [4.69, 9.17) is 4.55 Å². The monoisotopic (exact) mass is 344 g/mol. The summed E-state index contributed by atoms with van der Waals surface area (Å²) in [5.41, 5.74) is 1.20. The number of hydrogen-bond donors (Lipinski definition) is 2. The van der Waals surface area contributed by atoms with Crippen LogP contribution in [0.1, 0.15) is 0 Å². The number of rotatable bonds is 4. The number of aromatic hydroxyl groups is 1. The Hall–Kier alpha value is -3.04. The maximum absolute atomic E-state index is 11.0. The van der Waals surface area contributed by atoms with Crippen LogP contribution in [0.5, 0.6) is 5.88 Å². The maximum atomic E-state index is 11.0. The van der Waals surface area contributed by atoms with Crippen LogP contribution in [0.2, 0.25) is 0 Å². The molecule has 0 saturated heterocycles. The zero-order valence-corrected chi connectivity index (χ0v) is 13.0. The number of nitrogens with zero attached hydrogens (tertiary/aromatic N) is 4. The number of azo groups is 1. The molecule has 0 bridgehead atoms. The Morgan fingerprint density at radius 3 is 2.25 bits per heavy atom. The van der Waals surface area contributed by atoms with E-state index in [2.05, 4.69) is 15.3 Å². The highest BCUT2D eigenvalue weighted by Gasteiger charge is 2.13. The van der Waals surface area contributed by atoms with E-state index in [0.29, 0.717) is 11.4 Å². The van der Waals surface area contributed by atoms with Crippen LogP contribution in [-0.2, 0) is 10.1 Å². The molecule has 0 saturated carbocycles. The van der Waals surface area contributed by atoms with E-state index in [1.165, 1.54) is 35.1 Å². The second kappa shape index (κ2) is 6.22. The van der Waals surface area contributed by atoms with Gasteiger partial charge in [-0.05, 0) is 36.4 Å². The molecular weight excluding hydrogens is 332 g/mol. The van der Waals surface area contributed by atoms with Gasteiger partial charge in [-0.15, -0.1) is 5.11 Å². The highest BCUT2D eigenvalue weighted by atomic mass is 32.2. The zero-order valence-electron chi connectivity index (χ0n) is 12.2. The first-order valence-corrected chi connectivity index (χ1v) is 8.21. The minimum absolute atomic E-state index is 0.165. The topological polar surface area (TPSA) is 117 Å². The van der Waals surface area contributed by atoms with Crippen molar-refractivity contribution in [1.82, 2.24) is 9.78 Å². The van der Waals surface area contributed by atoms with E-state index in [-0.39, 0.29) is 16.5 Å². The lowest BCUT2D eigenvalue weighted by molar-refractivity contribution is 0.434. The molecule has 0 unspecified atom stereocenters. The molecule has 0 amide bonds. The van der Waals surface area contributed by atoms with Gasteiger partial charge in [0, 0.05) is 0 Å². The average Bonchev–Trinajstić information content (AvgIpc) is 2.94. The Labute approximate surface area is 137 Å². The van der Waals surface area contributed by atoms with Crippen LogP contribution in [0.3, 0.4) is 0 Å². The SMILES string of the molecule is O=S(=O)(O)c1ccc(-n2ncc(/N=N/c3ccccc3)c2O)cc1. The third-order valence-electron chi connectivity index (χ3n) is 3.13. The highest BCUT2D eigenvalue weighted by molar-refractivity contribution is 7.85. The predicted octanol–water partition coefficient (Wildman–Crippen LogP) is 3.24. The van der Waals surface area contributed by atoms with Gasteiger partial charge in [0.15, 0.2) is 5.69 Å². The molecular formula is C15H12N4O4S. The van der Waals surface area contributed by atoms with Gasteiger partial charge in [-0.1, -0.05) is 18.2 Å². The second-order valence-corrected chi connectivity index (χ2v) is 6.19. The molecule has 1 heterocycles. The zero-order chi connectivity index (χ0) is 17.2. The number of benzene rings is 2. The fourth-order valence-corrected chi connectivity index (χ4v) is 2.44. The molecule has 3 rings (SSSR count). The summed E-state index contributed by atoms with van der Waals surface area (Å²) in [6.07, 6.45) is 1.33. The molecule has 8 nitrogen and oxygen atoms in total. The van der Waals surface area contributed by atoms with Crippen molar-refractivity contribution in [2.75, 3.05) is 0 Å². The summed E-state index contributed by atoms with van der Waals surface area (Å²) in [5, 5.41) is 22.1. The molecule has 24 heavy (non-hydrogen) atoms. The molecule has 9 heteroatoms. The van der Waals surface area contributed by atoms with Crippen molar-refractivity contribution in [2.24, 2.45) is 10.2 Å². The van der Waals surface area contributed by atoms with Gasteiger partial charge in [0.2, 0.25) is 5.88 Å². The lowest BCUT2D eigenvalue weighted by atomic mass is 10.3. The molecule has 2 N–H and O–H groups in total. The summed E-state index contributed by atoms with van der Waals surface area (Å²) in [7, 11) is -4.27. The second-order valence-electron chi connectivity index (χ2n) is 4.77. The van der Waals surface area contributed by atoms with Crippen LogP contribution in [-0.4, -0.2) is 27.9 Å². The maximum Gasteiger partial charge on any atom is 0.294 e. The fraction of sp³-hybridized carbons (Fsp3) is 0. The predicted molar refractivity (Wildman–Crippen MR) is 85.7 cm³/mol. The Morgan fingerprint density at radius 2 is 1.62 bits per heavy atom. The van der Waals surface area contributed by atoms with Gasteiger partial charge in [-0.3, -0.25) is 4.55 Å². The smallest absolute Gasteiger partial charge is 0.294 e. The van der Waals surface area contributed by atoms with Gasteiger partial charge in [0.05, 0.1) is 22.5 Å². The molecule has 0 spiro atoms. The first-order chi connectivity index (χ1) is 11.4. The molecule has 0 atom stereocenters. The van der Waals surface area contributed by atoms with E-state index in [1.54, 1.807) is 12.1 Å². The molecule has 0 aliphatic heterocycles. The summed E-state index contributed by atoms with van der Waals surface area (Å²) in [6.45, 7) is 0. The van der Waals surface area contributed by atoms with Crippen molar-refractivity contribution in [3.8, 4) is 11.6 Å². The van der Waals surface area contributed by atoms with E-state index < -0.39 is 10.1 Å². The Bertz CT molecular complexity index is 980. The van der Waals surface area contributed by atoms with Crippen molar-refractivity contribution in [3.05, 3.63) is 60.8 Å². The minimum Gasteiger partial charge on any atom is -0.492 e. The number of hydrogen-bond acceptors (Lipinski definition) is 6. The molecule has 0 aliphatic carbocycles. The Kier molecular flexibility index (Phi) is 4.11. The lowest BCUT2D eigenvalue weighted by Gasteiger charge is -2.03. The first kappa shape index (κ1) is 15.8. The highest BCUT2D eigenvalue weighted by Crippen LogP contribution is 2.30. The molecule has 2 aromatic carbocycles. The Morgan fingerprint density at radius 1 is 0.958 bits per heavy atom. The first-order valence-electron chi connectivity index (χ1n) is 6.77. The van der Waals surface area contributed by atoms with Crippen molar-refractivity contribution in [2.45, 2.75) is 4.90 Å². The molecule has 1 aromatic heterocycles. The third-order valence-corrected chi connectivity index (χ3v) is 4.00. The van der Waals surface area contributed by atoms with Gasteiger partial charge in [-0.2, -0.15) is 23.3 Å². The largest absolute Gasteiger partial charge is 0.492 e. The van der Waals surface area contributed by atoms with Crippen LogP contribution >= 0.6 is 0 Å². The van der Waals surface area contributed by atoms with Crippen molar-refractivity contribution >= 4 is 21.5 Å². The molecule has 122 valence electrons. The van der Waals surface area contributed by atoms with Crippen LogP contribution in [0, 0.1) is 0 Å². The van der Waals surface area contributed by atoms with E-state index >= 15 is 0 Å². The standard InChI is InChI=1S/C15H12N4O4S/c20-15-14(18-17-11-4-2-1-3-5-11)10-16-19(15)12-6-8-13(9-7-12)24(21,22)23/h1-10,20H,(H,21,22,23)/b18-17+. The van der Waals surface area contributed by atoms with E-state index in [1.807, 2.05) is 18.2 Å². The summed E-state index contributed by atoms with van der Waals surface area (Å²) in [5.74, 6) is -0.241. The summed E-state index contributed by atoms with van der Waals surface area (Å²) in [6, 6.07) is 14.2. The third kappa shape index (κ3) is 3.31. The van der Waals surface area contributed by atoms with Crippen molar-refractivity contribution in [3.63, 3.8) is 0 Å². The minimum atomic E-state index is -4.27. The van der Waals surface area contributed by atoms with Crippen molar-refractivity contribution in [1.29, 1.82) is 0 Å². The van der Waals surface area contributed by atoms with Gasteiger partial charge >= 0.3 is 0 Å². The van der Waals surface area contributed by atoms with E-state index in [0.717, 1.165) is 0 Å². The van der Waals surface area contributed by atoms with Crippen LogP contribution in [0.25, 0.3) is 5.69 Å². The van der Waals surface area contributed by atoms with Crippen LogP contribution in [0.4, 0.5) is 11.4 Å². The quantitative estimate of drug-likeness (QED) is 0.556. The lowest BCUT2D eigenvalue weighted by Crippen LogP contribution is -2.00. The average molecular weight is 344 g/mol. The molecule has 3 aromatic rings. The van der Waals surface area contributed by atoms with Gasteiger partial charge < -0.3 is 5.11 Å². The van der Waals surface area contributed by atoms with E-state index in [9.17, 15) is 13.5 Å². The summed E-state index contributed by atoms with van der Waals surface area (Å²) < 4.78 is 32.2. The molecule has 0 aliphatic rings.